The Morgan fingerprint density at radius 1 is 1.83 bits per heavy atom. The third kappa shape index (κ3) is 3.23. The van der Waals surface area contributed by atoms with Crippen molar-refractivity contribution in [2.45, 2.75) is 18.7 Å². The van der Waals surface area contributed by atoms with Crippen molar-refractivity contribution < 1.29 is 4.79 Å². The fourth-order valence-electron chi connectivity index (χ4n) is 1.13. The molecule has 0 saturated carbocycles. The van der Waals surface area contributed by atoms with E-state index in [2.05, 4.69) is 5.32 Å². The van der Waals surface area contributed by atoms with Crippen LogP contribution in [0.1, 0.15) is 13.3 Å². The van der Waals surface area contributed by atoms with Gasteiger partial charge in [0.05, 0.1) is 0 Å². The maximum absolute atomic E-state index is 11.0. The number of hydrogen-bond acceptors (Lipinski definition) is 2. The predicted octanol–water partition coefficient (Wildman–Crippen LogP) is 1.48. The van der Waals surface area contributed by atoms with Gasteiger partial charge < -0.3 is 5.32 Å². The summed E-state index contributed by atoms with van der Waals surface area (Å²) in [6.45, 7) is 2.49. The Morgan fingerprint density at radius 3 is 3.08 bits per heavy atom. The number of carbonyl (C=O) groups is 1. The summed E-state index contributed by atoms with van der Waals surface area (Å²) >= 11 is 7.55. The molecule has 2 nitrogen and oxygen atoms in total. The topological polar surface area (TPSA) is 29.1 Å². The van der Waals surface area contributed by atoms with Gasteiger partial charge in [-0.2, -0.15) is 11.8 Å². The van der Waals surface area contributed by atoms with Crippen molar-refractivity contribution in [2.75, 3.05) is 18.1 Å². The van der Waals surface area contributed by atoms with Crippen LogP contribution in [-0.4, -0.2) is 29.3 Å². The summed E-state index contributed by atoms with van der Waals surface area (Å²) < 4.78 is 0. The monoisotopic (exact) mass is 207 g/mol. The number of alkyl halides is 1. The molecule has 2 unspecified atom stereocenters. The van der Waals surface area contributed by atoms with Crippen LogP contribution in [-0.2, 0) is 4.79 Å². The molecule has 1 heterocycles. The van der Waals surface area contributed by atoms with Gasteiger partial charge in [0.25, 0.3) is 0 Å². The SMILES string of the molecule is CC(Cl)C(=O)NCC1CCSC1. The van der Waals surface area contributed by atoms with Gasteiger partial charge in [0.15, 0.2) is 0 Å². The highest BCUT2D eigenvalue weighted by Crippen LogP contribution is 2.22. The maximum Gasteiger partial charge on any atom is 0.237 e. The van der Waals surface area contributed by atoms with Crippen LogP contribution in [0.15, 0.2) is 0 Å². The summed E-state index contributed by atoms with van der Waals surface area (Å²) in [5.74, 6) is 3.02. The van der Waals surface area contributed by atoms with Gasteiger partial charge >= 0.3 is 0 Å². The minimum absolute atomic E-state index is 0.0476. The first-order chi connectivity index (χ1) is 5.70. The van der Waals surface area contributed by atoms with E-state index in [1.54, 1.807) is 6.92 Å². The lowest BCUT2D eigenvalue weighted by molar-refractivity contribution is -0.120. The highest BCUT2D eigenvalue weighted by molar-refractivity contribution is 7.99. The molecule has 1 N–H and O–H groups in total. The van der Waals surface area contributed by atoms with Gasteiger partial charge in [-0.05, 0) is 30.8 Å². The van der Waals surface area contributed by atoms with Gasteiger partial charge in [0.1, 0.15) is 5.38 Å². The molecular weight excluding hydrogens is 194 g/mol. The van der Waals surface area contributed by atoms with Crippen LogP contribution in [0.2, 0.25) is 0 Å². The molecule has 0 aromatic carbocycles. The van der Waals surface area contributed by atoms with Crippen molar-refractivity contribution in [3.05, 3.63) is 0 Å². The lowest BCUT2D eigenvalue weighted by atomic mass is 10.1. The lowest BCUT2D eigenvalue weighted by Gasteiger charge is -2.10. The molecule has 0 radical (unpaired) electrons. The fourth-order valence-corrected chi connectivity index (χ4v) is 2.49. The van der Waals surface area contributed by atoms with E-state index < -0.39 is 5.38 Å². The second-order valence-corrected chi connectivity index (χ2v) is 4.90. The number of amides is 1. The van der Waals surface area contributed by atoms with Crippen molar-refractivity contribution in [1.82, 2.24) is 5.32 Å². The minimum Gasteiger partial charge on any atom is -0.355 e. The van der Waals surface area contributed by atoms with Crippen molar-refractivity contribution in [2.24, 2.45) is 5.92 Å². The molecule has 2 atom stereocenters. The first-order valence-corrected chi connectivity index (χ1v) is 5.79. The maximum atomic E-state index is 11.0. The molecule has 0 spiro atoms. The lowest BCUT2D eigenvalue weighted by Crippen LogP contribution is -2.33. The van der Waals surface area contributed by atoms with E-state index in [0.717, 1.165) is 6.54 Å². The van der Waals surface area contributed by atoms with Crippen molar-refractivity contribution in [3.8, 4) is 0 Å². The van der Waals surface area contributed by atoms with Gasteiger partial charge in [-0.15, -0.1) is 11.6 Å². The van der Waals surface area contributed by atoms with Crippen molar-refractivity contribution >= 4 is 29.3 Å². The molecule has 0 aromatic rings. The molecule has 1 fully saturated rings. The van der Waals surface area contributed by atoms with E-state index in [0.29, 0.717) is 5.92 Å². The van der Waals surface area contributed by atoms with Crippen LogP contribution in [0.25, 0.3) is 0 Å². The zero-order valence-corrected chi connectivity index (χ0v) is 8.75. The van der Waals surface area contributed by atoms with Crippen LogP contribution in [0.5, 0.6) is 0 Å². The van der Waals surface area contributed by atoms with E-state index in [1.165, 1.54) is 17.9 Å². The molecule has 0 aliphatic carbocycles. The molecular formula is C8H14ClNOS. The zero-order chi connectivity index (χ0) is 8.97. The highest BCUT2D eigenvalue weighted by atomic mass is 35.5. The summed E-state index contributed by atoms with van der Waals surface area (Å²) in [7, 11) is 0. The molecule has 4 heteroatoms. The van der Waals surface area contributed by atoms with E-state index in [9.17, 15) is 4.79 Å². The first kappa shape index (κ1) is 10.2. The quantitative estimate of drug-likeness (QED) is 0.711. The fraction of sp³-hybridized carbons (Fsp3) is 0.875. The van der Waals surface area contributed by atoms with Crippen LogP contribution in [0.4, 0.5) is 0 Å². The molecule has 1 saturated heterocycles. The average Bonchev–Trinajstić information content (AvgIpc) is 2.51. The highest BCUT2D eigenvalue weighted by Gasteiger charge is 2.17. The van der Waals surface area contributed by atoms with Gasteiger partial charge in [-0.1, -0.05) is 0 Å². The molecule has 0 aromatic heterocycles. The average molecular weight is 208 g/mol. The Balaban J connectivity index is 2.12. The zero-order valence-electron chi connectivity index (χ0n) is 7.18. The van der Waals surface area contributed by atoms with Crippen LogP contribution in [0, 0.1) is 5.92 Å². The van der Waals surface area contributed by atoms with Gasteiger partial charge in [-0.3, -0.25) is 4.79 Å². The molecule has 1 amide bonds. The van der Waals surface area contributed by atoms with Gasteiger partial charge in [0, 0.05) is 6.54 Å². The van der Waals surface area contributed by atoms with E-state index in [4.69, 9.17) is 11.6 Å². The number of thioether (sulfide) groups is 1. The molecule has 70 valence electrons. The first-order valence-electron chi connectivity index (χ1n) is 4.19. The normalized spacial score (nSPS) is 25.3. The van der Waals surface area contributed by atoms with E-state index >= 15 is 0 Å². The standard InChI is InChI=1S/C8H14ClNOS/c1-6(9)8(11)10-4-7-2-3-12-5-7/h6-7H,2-5H2,1H3,(H,10,11). The molecule has 12 heavy (non-hydrogen) atoms. The van der Waals surface area contributed by atoms with Gasteiger partial charge in [-0.25, -0.2) is 0 Å². The number of halogens is 1. The van der Waals surface area contributed by atoms with Crippen molar-refractivity contribution in [1.29, 1.82) is 0 Å². The Kier molecular flexibility index (Phi) is 4.22. The second-order valence-electron chi connectivity index (χ2n) is 3.09. The largest absolute Gasteiger partial charge is 0.355 e. The number of rotatable bonds is 3. The van der Waals surface area contributed by atoms with Crippen LogP contribution < -0.4 is 5.32 Å². The third-order valence-corrected chi connectivity index (χ3v) is 3.38. The third-order valence-electron chi connectivity index (χ3n) is 1.95. The molecule has 0 bridgehead atoms. The summed E-state index contributed by atoms with van der Waals surface area (Å²) in [6, 6.07) is 0. The number of hydrogen-bond donors (Lipinski definition) is 1. The Bertz CT molecular complexity index is 157. The summed E-state index contributed by atoms with van der Waals surface area (Å²) in [5, 5.41) is 2.44. The van der Waals surface area contributed by atoms with E-state index in [1.807, 2.05) is 11.8 Å². The van der Waals surface area contributed by atoms with Gasteiger partial charge in [0.2, 0.25) is 5.91 Å². The second kappa shape index (κ2) is 4.97. The number of carbonyl (C=O) groups excluding carboxylic acids is 1. The smallest absolute Gasteiger partial charge is 0.237 e. The Labute approximate surface area is 82.4 Å². The Morgan fingerprint density at radius 2 is 2.58 bits per heavy atom. The minimum atomic E-state index is -0.404. The van der Waals surface area contributed by atoms with Crippen LogP contribution >= 0.6 is 23.4 Å². The number of nitrogens with one attached hydrogen (secondary N) is 1. The predicted molar refractivity (Wildman–Crippen MR) is 53.8 cm³/mol. The summed E-state index contributed by atoms with van der Waals surface area (Å²) in [6.07, 6.45) is 1.22. The summed E-state index contributed by atoms with van der Waals surface area (Å²) in [5.41, 5.74) is 0. The molecule has 1 rings (SSSR count). The molecule has 1 aliphatic heterocycles. The molecule has 1 aliphatic rings. The van der Waals surface area contributed by atoms with Crippen LogP contribution in [0.3, 0.4) is 0 Å². The summed E-state index contributed by atoms with van der Waals surface area (Å²) in [4.78, 5) is 11.0. The van der Waals surface area contributed by atoms with Crippen molar-refractivity contribution in [3.63, 3.8) is 0 Å². The Hall–Kier alpha value is 0.110. The van der Waals surface area contributed by atoms with E-state index in [-0.39, 0.29) is 5.91 Å².